The Hall–Kier alpha value is -1.85. The minimum absolute atomic E-state index is 0.352. The molecule has 0 bridgehead atoms. The van der Waals surface area contributed by atoms with E-state index in [2.05, 4.69) is 4.98 Å². The lowest BCUT2D eigenvalue weighted by Crippen LogP contribution is -2.38. The largest absolute Gasteiger partial charge is 0.501 e. The van der Waals surface area contributed by atoms with Gasteiger partial charge in [-0.1, -0.05) is 13.8 Å². The van der Waals surface area contributed by atoms with Crippen molar-refractivity contribution in [3.63, 3.8) is 0 Å². The Morgan fingerprint density at radius 3 is 2.71 bits per heavy atom. The van der Waals surface area contributed by atoms with Crippen molar-refractivity contribution in [1.29, 1.82) is 0 Å². The molecule has 1 aromatic heterocycles. The average Bonchev–Trinajstić information content (AvgIpc) is 2.22. The van der Waals surface area contributed by atoms with E-state index >= 15 is 0 Å². The molecule has 0 radical (unpaired) electrons. The number of aromatic hydroxyl groups is 1. The fourth-order valence-corrected chi connectivity index (χ4v) is 2.21. The fourth-order valence-electron chi connectivity index (χ4n) is 2.21. The van der Waals surface area contributed by atoms with Crippen LogP contribution in [-0.2, 0) is 12.0 Å². The quantitative estimate of drug-likeness (QED) is 0.752. The maximum Gasteiger partial charge on any atom is 0.358 e. The highest BCUT2D eigenvalue weighted by atomic mass is 16.4. The fraction of sp³-hybridized carbons (Fsp3) is 0.545. The predicted molar refractivity (Wildman–Crippen MR) is 59.4 cm³/mol. The van der Waals surface area contributed by atoms with Crippen LogP contribution in [0, 0.1) is 0 Å². The second-order valence-electron chi connectivity index (χ2n) is 4.88. The summed E-state index contributed by atoms with van der Waals surface area (Å²) in [6.07, 6.45) is 1.65. The maximum absolute atomic E-state index is 11.8. The summed E-state index contributed by atoms with van der Waals surface area (Å²) in [6.45, 7) is 4.29. The molecule has 0 spiro atoms. The Balaban J connectivity index is 2.78. The summed E-state index contributed by atoms with van der Waals surface area (Å²) < 4.78 is 1.37. The van der Waals surface area contributed by atoms with Crippen molar-refractivity contribution in [2.24, 2.45) is 0 Å². The summed E-state index contributed by atoms with van der Waals surface area (Å²) in [5.41, 5.74) is -1.58. The molecule has 2 N–H and O–H groups in total. The number of nitrogens with zero attached hydrogens (tertiary/aromatic N) is 2. The Bertz CT molecular complexity index is 545. The molecule has 6 heteroatoms. The van der Waals surface area contributed by atoms with Crippen LogP contribution in [0.15, 0.2) is 4.79 Å². The Morgan fingerprint density at radius 1 is 1.47 bits per heavy atom. The molecule has 2 heterocycles. The summed E-state index contributed by atoms with van der Waals surface area (Å²) in [6, 6.07) is 0. The zero-order valence-electron chi connectivity index (χ0n) is 9.73. The van der Waals surface area contributed by atoms with Crippen molar-refractivity contribution in [3.05, 3.63) is 21.9 Å². The first-order valence-corrected chi connectivity index (χ1v) is 5.42. The Morgan fingerprint density at radius 2 is 2.12 bits per heavy atom. The lowest BCUT2D eigenvalue weighted by molar-refractivity contribution is 0.0684. The first-order chi connectivity index (χ1) is 7.84. The van der Waals surface area contributed by atoms with Crippen LogP contribution in [0.5, 0.6) is 5.75 Å². The van der Waals surface area contributed by atoms with Crippen molar-refractivity contribution in [1.82, 2.24) is 9.55 Å². The van der Waals surface area contributed by atoms with Gasteiger partial charge in [-0.05, 0) is 12.8 Å². The number of carbonyl (C=O) groups is 1. The van der Waals surface area contributed by atoms with Crippen LogP contribution >= 0.6 is 0 Å². The molecule has 92 valence electrons. The number of aromatic carboxylic acids is 1. The molecule has 1 aromatic rings. The number of carboxylic acid groups (broad SMARTS) is 1. The molecule has 0 amide bonds. The molecular weight excluding hydrogens is 224 g/mol. The summed E-state index contributed by atoms with van der Waals surface area (Å²) in [5, 5.41) is 18.4. The highest BCUT2D eigenvalue weighted by molar-refractivity contribution is 5.88. The molecule has 0 unspecified atom stereocenters. The predicted octanol–water partition coefficient (Wildman–Crippen LogP) is 0.718. The standard InChI is InChI=1S/C11H14N2O4/c1-11(2)4-3-5-13-8(15)7(14)6(9(16)17)12-10(11)13/h14H,3-5H2,1-2H3,(H,16,17). The van der Waals surface area contributed by atoms with Crippen LogP contribution in [0.1, 0.15) is 43.0 Å². The van der Waals surface area contributed by atoms with Gasteiger partial charge in [-0.2, -0.15) is 0 Å². The van der Waals surface area contributed by atoms with Crippen molar-refractivity contribution in [2.45, 2.75) is 38.6 Å². The van der Waals surface area contributed by atoms with E-state index < -0.39 is 23.0 Å². The van der Waals surface area contributed by atoms with E-state index in [4.69, 9.17) is 5.11 Å². The summed E-state index contributed by atoms with van der Waals surface area (Å²) in [7, 11) is 0. The van der Waals surface area contributed by atoms with E-state index in [1.54, 1.807) is 0 Å². The summed E-state index contributed by atoms with van der Waals surface area (Å²) in [5.74, 6) is -1.73. The summed E-state index contributed by atoms with van der Waals surface area (Å²) >= 11 is 0. The monoisotopic (exact) mass is 238 g/mol. The van der Waals surface area contributed by atoms with Crippen LogP contribution in [0.3, 0.4) is 0 Å². The van der Waals surface area contributed by atoms with E-state index in [0.717, 1.165) is 12.8 Å². The van der Waals surface area contributed by atoms with Crippen LogP contribution in [0.4, 0.5) is 0 Å². The third-order valence-corrected chi connectivity index (χ3v) is 3.14. The van der Waals surface area contributed by atoms with Gasteiger partial charge in [-0.3, -0.25) is 9.36 Å². The van der Waals surface area contributed by atoms with Gasteiger partial charge in [0.05, 0.1) is 0 Å². The van der Waals surface area contributed by atoms with Crippen LogP contribution in [0.2, 0.25) is 0 Å². The Kier molecular flexibility index (Phi) is 2.45. The SMILES string of the molecule is CC1(C)CCCn2c1nc(C(=O)O)c(O)c2=O. The van der Waals surface area contributed by atoms with Crippen molar-refractivity contribution in [2.75, 3.05) is 0 Å². The van der Waals surface area contributed by atoms with Crippen LogP contribution < -0.4 is 5.56 Å². The molecule has 0 fully saturated rings. The zero-order chi connectivity index (χ0) is 12.8. The van der Waals surface area contributed by atoms with Gasteiger partial charge in [0.25, 0.3) is 5.56 Å². The first kappa shape index (κ1) is 11.6. The van der Waals surface area contributed by atoms with E-state index in [-0.39, 0.29) is 5.41 Å². The van der Waals surface area contributed by atoms with E-state index in [0.29, 0.717) is 12.4 Å². The number of hydrogen-bond acceptors (Lipinski definition) is 4. The van der Waals surface area contributed by atoms with Crippen molar-refractivity contribution >= 4 is 5.97 Å². The molecule has 1 aliphatic rings. The molecule has 0 aliphatic carbocycles. The number of rotatable bonds is 1. The smallest absolute Gasteiger partial charge is 0.358 e. The van der Waals surface area contributed by atoms with Gasteiger partial charge in [0, 0.05) is 12.0 Å². The third kappa shape index (κ3) is 1.69. The molecule has 0 saturated carbocycles. The van der Waals surface area contributed by atoms with Gasteiger partial charge in [0.1, 0.15) is 5.82 Å². The second kappa shape index (κ2) is 3.58. The first-order valence-electron chi connectivity index (χ1n) is 5.42. The van der Waals surface area contributed by atoms with E-state index in [1.165, 1.54) is 4.57 Å². The van der Waals surface area contributed by atoms with E-state index in [9.17, 15) is 14.7 Å². The van der Waals surface area contributed by atoms with Gasteiger partial charge < -0.3 is 10.2 Å². The molecule has 0 atom stereocenters. The van der Waals surface area contributed by atoms with Gasteiger partial charge >= 0.3 is 5.97 Å². The number of fused-ring (bicyclic) bond motifs is 1. The van der Waals surface area contributed by atoms with Crippen molar-refractivity contribution in [3.8, 4) is 5.75 Å². The summed E-state index contributed by atoms with van der Waals surface area (Å²) in [4.78, 5) is 26.7. The zero-order valence-corrected chi connectivity index (χ0v) is 9.73. The third-order valence-electron chi connectivity index (χ3n) is 3.14. The maximum atomic E-state index is 11.8. The molecule has 6 nitrogen and oxygen atoms in total. The number of aromatic nitrogens is 2. The van der Waals surface area contributed by atoms with Gasteiger partial charge in [-0.25, -0.2) is 9.78 Å². The molecular formula is C11H14N2O4. The van der Waals surface area contributed by atoms with Gasteiger partial charge in [-0.15, -0.1) is 0 Å². The lowest BCUT2D eigenvalue weighted by Gasteiger charge is -2.32. The minimum atomic E-state index is -1.38. The average molecular weight is 238 g/mol. The normalized spacial score (nSPS) is 17.5. The molecule has 17 heavy (non-hydrogen) atoms. The second-order valence-corrected chi connectivity index (χ2v) is 4.88. The number of hydrogen-bond donors (Lipinski definition) is 2. The molecule has 0 saturated heterocycles. The minimum Gasteiger partial charge on any atom is -0.501 e. The topological polar surface area (TPSA) is 92.4 Å². The highest BCUT2D eigenvalue weighted by Crippen LogP contribution is 2.31. The van der Waals surface area contributed by atoms with Gasteiger partial charge in [0.2, 0.25) is 5.75 Å². The van der Waals surface area contributed by atoms with Crippen LogP contribution in [-0.4, -0.2) is 25.7 Å². The Labute approximate surface area is 97.5 Å². The lowest BCUT2D eigenvalue weighted by atomic mass is 9.84. The van der Waals surface area contributed by atoms with Crippen molar-refractivity contribution < 1.29 is 15.0 Å². The van der Waals surface area contributed by atoms with E-state index in [1.807, 2.05) is 13.8 Å². The molecule has 1 aliphatic heterocycles. The molecule has 0 aromatic carbocycles. The number of carboxylic acids is 1. The highest BCUT2D eigenvalue weighted by Gasteiger charge is 2.33. The van der Waals surface area contributed by atoms with Gasteiger partial charge in [0.15, 0.2) is 5.69 Å². The van der Waals surface area contributed by atoms with Crippen LogP contribution in [0.25, 0.3) is 0 Å². The molecule has 2 rings (SSSR count).